The maximum atomic E-state index is 14.7. The van der Waals surface area contributed by atoms with Gasteiger partial charge in [-0.3, -0.25) is 4.79 Å². The summed E-state index contributed by atoms with van der Waals surface area (Å²) in [5.74, 6) is -0.0122. The van der Waals surface area contributed by atoms with Crippen LogP contribution in [-0.2, 0) is 52.2 Å². The van der Waals surface area contributed by atoms with Crippen molar-refractivity contribution in [1.82, 2.24) is 0 Å². The van der Waals surface area contributed by atoms with Gasteiger partial charge >= 0.3 is 0 Å². The van der Waals surface area contributed by atoms with Crippen LogP contribution >= 0.6 is 0 Å². The Morgan fingerprint density at radius 1 is 0.568 bits per heavy atom. The van der Waals surface area contributed by atoms with Crippen molar-refractivity contribution in [3.05, 3.63) is 0 Å². The number of ketones is 1. The number of carbonyl (C=O) groups is 1. The van der Waals surface area contributed by atoms with Gasteiger partial charge in [-0.2, -0.15) is 0 Å². The lowest BCUT2D eigenvalue weighted by molar-refractivity contribution is -0.401. The highest BCUT2D eigenvalue weighted by Crippen LogP contribution is 2.70. The second kappa shape index (κ2) is 21.3. The normalized spacial score (nSPS) is 57.6. The Morgan fingerprint density at radius 3 is 1.85 bits per heavy atom. The quantitative estimate of drug-likeness (QED) is 0.0874. The molecule has 10 aliphatic rings. The van der Waals surface area contributed by atoms with Gasteiger partial charge in [0.15, 0.2) is 30.9 Å². The molecular formula is C50H80O24. The van der Waals surface area contributed by atoms with Crippen LogP contribution in [0.2, 0.25) is 0 Å². The molecule has 74 heavy (non-hydrogen) atoms. The zero-order chi connectivity index (χ0) is 53.1. The summed E-state index contributed by atoms with van der Waals surface area (Å²) in [5, 5.41) is 141. The number of Topliss-reactive ketones (excluding diaryl/α,β-unsaturated/α-hetero) is 1. The summed E-state index contributed by atoms with van der Waals surface area (Å²) in [6.45, 7) is 6.22. The number of carbonyl (C=O) groups excluding carboxylic acids is 1. The molecule has 4 aliphatic carbocycles. The first-order valence-electron chi connectivity index (χ1n) is 26.8. The van der Waals surface area contributed by atoms with Crippen LogP contribution in [0.25, 0.3) is 0 Å². The van der Waals surface area contributed by atoms with E-state index in [2.05, 4.69) is 27.7 Å². The Hall–Kier alpha value is -1.25. The van der Waals surface area contributed by atoms with Gasteiger partial charge in [-0.15, -0.1) is 0 Å². The van der Waals surface area contributed by atoms with Gasteiger partial charge in [0.2, 0.25) is 0 Å². The van der Waals surface area contributed by atoms with Crippen LogP contribution in [0.4, 0.5) is 0 Å². The molecule has 0 bridgehead atoms. The average Bonchev–Trinajstić information content (AvgIpc) is 3.83. The Morgan fingerprint density at radius 2 is 1.18 bits per heavy atom. The molecule has 4 saturated carbocycles. The zero-order valence-corrected chi connectivity index (χ0v) is 42.2. The van der Waals surface area contributed by atoms with E-state index >= 15 is 0 Å². The minimum Gasteiger partial charge on any atom is -0.394 e. The molecule has 424 valence electrons. The third kappa shape index (κ3) is 9.26. The SMILES string of the molecule is C[C@@H]1CC[C@@]2(OC1)O[C@H]1C[C@H]3[C@@H]4C[C@@H](O)[C@H]5C[C@@H](O[C@@H]6O[C@H](CO)[C@H](O[C@@H]7O[C@H](CO)[C@@H](O[C@@H]8OC[C@@H](O)[C@H](O)[C@H]8O)[C@H](O)[C@H]7O[C@@H]7O[C@H](CO)[C@@H](O)[C@H](O)[C@H]7O)[C@H](O)[C@H]6O)CC[C@]5(C)[C@H]4CC(=O)[C@]3(C)[C@H]1[C@@H]2C. The Bertz CT molecular complexity index is 1940. The second-order valence-electron chi connectivity index (χ2n) is 23.9. The minimum atomic E-state index is -2.02. The molecule has 32 atom stereocenters. The monoisotopic (exact) mass is 1060 g/mol. The minimum absolute atomic E-state index is 0.0164. The Labute approximate surface area is 428 Å². The van der Waals surface area contributed by atoms with Crippen molar-refractivity contribution in [1.29, 1.82) is 0 Å². The fraction of sp³-hybridized carbons (Fsp3) is 0.980. The van der Waals surface area contributed by atoms with Crippen molar-refractivity contribution in [3.8, 4) is 0 Å². The molecule has 10 rings (SSSR count). The molecule has 6 aliphatic heterocycles. The van der Waals surface area contributed by atoms with Gasteiger partial charge in [-0.05, 0) is 73.5 Å². The van der Waals surface area contributed by atoms with Gasteiger partial charge in [0.1, 0.15) is 97.3 Å². The van der Waals surface area contributed by atoms with E-state index in [1.54, 1.807) is 0 Å². The molecule has 0 aromatic carbocycles. The van der Waals surface area contributed by atoms with Gasteiger partial charge in [-0.25, -0.2) is 0 Å². The van der Waals surface area contributed by atoms with E-state index in [1.807, 2.05) is 0 Å². The molecule has 0 aromatic heterocycles. The van der Waals surface area contributed by atoms with Crippen molar-refractivity contribution < 1.29 is 119 Å². The molecule has 0 unspecified atom stereocenters. The van der Waals surface area contributed by atoms with Gasteiger partial charge < -0.3 is 114 Å². The van der Waals surface area contributed by atoms with Crippen molar-refractivity contribution >= 4 is 5.78 Å². The van der Waals surface area contributed by atoms with Crippen LogP contribution in [0.3, 0.4) is 0 Å². The van der Waals surface area contributed by atoms with Crippen molar-refractivity contribution in [2.75, 3.05) is 33.0 Å². The maximum Gasteiger partial charge on any atom is 0.187 e. The summed E-state index contributed by atoms with van der Waals surface area (Å²) >= 11 is 0. The molecule has 6 heterocycles. The van der Waals surface area contributed by atoms with Crippen LogP contribution in [0.1, 0.15) is 79.1 Å². The standard InChI is InChI=1S/C50H80O24/c1-18-5-8-50(66-16-18)19(2)32-27(74-50)11-23-21-10-25(54)24-9-20(6-7-48(24,3)22(21)12-31(56)49(23,32)4)67-45-39(63)36(60)41(29(14-52)69-45)72-47-43(73-46-38(62)35(59)34(58)28(13-51)68-46)40(64)42(30(15-53)70-47)71-44-37(61)33(57)26(55)17-65-44/h18-30,32-47,51-55,57-64H,5-17H2,1-4H3/t18-,19+,20+,21-,22+,23+,24-,25-,26-,27+,28-,29-,30-,32+,33+,34-,35+,36-,37-,38-,39-,40+,41+,42-,43-,44+,45-,46+,47+,48-,49-,50-/m1/s1. The summed E-state index contributed by atoms with van der Waals surface area (Å²) in [7, 11) is 0. The number of fused-ring (bicyclic) bond motifs is 7. The van der Waals surface area contributed by atoms with Gasteiger partial charge in [0.25, 0.3) is 0 Å². The molecule has 13 N–H and O–H groups in total. The van der Waals surface area contributed by atoms with Gasteiger partial charge in [0.05, 0.1) is 51.3 Å². The summed E-state index contributed by atoms with van der Waals surface area (Å²) in [6, 6.07) is 0. The predicted molar refractivity (Wildman–Crippen MR) is 244 cm³/mol. The third-order valence-corrected chi connectivity index (χ3v) is 19.9. The fourth-order valence-electron chi connectivity index (χ4n) is 15.6. The first-order chi connectivity index (χ1) is 35.1. The van der Waals surface area contributed by atoms with Crippen LogP contribution < -0.4 is 0 Å². The zero-order valence-electron chi connectivity index (χ0n) is 42.2. The number of ether oxygens (including phenoxy) is 10. The molecule has 1 spiro atoms. The predicted octanol–water partition coefficient (Wildman–Crippen LogP) is -4.12. The van der Waals surface area contributed by atoms with Crippen molar-refractivity contribution in [2.45, 2.75) is 220 Å². The Balaban J connectivity index is 0.817. The summed E-state index contributed by atoms with van der Waals surface area (Å²) in [5.41, 5.74) is -1.03. The largest absolute Gasteiger partial charge is 0.394 e. The fourth-order valence-corrected chi connectivity index (χ4v) is 15.6. The first kappa shape index (κ1) is 56.0. The summed E-state index contributed by atoms with van der Waals surface area (Å²) in [6.07, 6.45) is -30.1. The third-order valence-electron chi connectivity index (χ3n) is 19.9. The number of aliphatic hydroxyl groups excluding tert-OH is 13. The topological polar surface area (TPSA) is 372 Å². The van der Waals surface area contributed by atoms with E-state index in [-0.39, 0.29) is 47.4 Å². The molecule has 6 saturated heterocycles. The lowest BCUT2D eigenvalue weighted by Gasteiger charge is -2.62. The second-order valence-corrected chi connectivity index (χ2v) is 23.9. The summed E-state index contributed by atoms with van der Waals surface area (Å²) in [4.78, 5) is 14.7. The first-order valence-corrected chi connectivity index (χ1v) is 26.8. The van der Waals surface area contributed by atoms with E-state index in [1.165, 1.54) is 0 Å². The van der Waals surface area contributed by atoms with Crippen LogP contribution in [0.15, 0.2) is 0 Å². The van der Waals surface area contributed by atoms with E-state index in [4.69, 9.17) is 47.4 Å². The maximum absolute atomic E-state index is 14.7. The lowest BCUT2D eigenvalue weighted by atomic mass is 9.43. The number of hydrogen-bond donors (Lipinski definition) is 13. The summed E-state index contributed by atoms with van der Waals surface area (Å²) < 4.78 is 60.5. The number of aliphatic hydroxyl groups is 13. The van der Waals surface area contributed by atoms with Gasteiger partial charge in [-0.1, -0.05) is 27.7 Å². The highest BCUT2D eigenvalue weighted by molar-refractivity contribution is 5.87. The molecule has 0 aromatic rings. The number of hydrogen-bond acceptors (Lipinski definition) is 24. The van der Waals surface area contributed by atoms with Crippen LogP contribution in [0.5, 0.6) is 0 Å². The molecule has 24 nitrogen and oxygen atoms in total. The van der Waals surface area contributed by atoms with Crippen molar-refractivity contribution in [3.63, 3.8) is 0 Å². The molecule has 10 fully saturated rings. The van der Waals surface area contributed by atoms with E-state index < -0.39 is 172 Å². The highest BCUT2D eigenvalue weighted by atomic mass is 16.8. The molecule has 0 radical (unpaired) electrons. The highest BCUT2D eigenvalue weighted by Gasteiger charge is 2.72. The lowest BCUT2D eigenvalue weighted by Crippen LogP contribution is -2.68. The van der Waals surface area contributed by atoms with Crippen LogP contribution in [0, 0.1) is 52.3 Å². The smallest absolute Gasteiger partial charge is 0.187 e. The number of rotatable bonds is 11. The average molecular weight is 1070 g/mol. The molecular weight excluding hydrogens is 985 g/mol. The van der Waals surface area contributed by atoms with E-state index in [9.17, 15) is 71.2 Å². The van der Waals surface area contributed by atoms with E-state index in [0.29, 0.717) is 44.6 Å². The van der Waals surface area contributed by atoms with Crippen LogP contribution in [-0.4, -0.2) is 246 Å². The van der Waals surface area contributed by atoms with Gasteiger partial charge in [0, 0.05) is 30.1 Å². The van der Waals surface area contributed by atoms with Crippen molar-refractivity contribution in [2.24, 2.45) is 52.3 Å². The molecule has 0 amide bonds. The molecule has 24 heteroatoms. The Kier molecular flexibility index (Phi) is 16.2. The van der Waals surface area contributed by atoms with E-state index in [0.717, 1.165) is 19.3 Å².